The fourth-order valence-corrected chi connectivity index (χ4v) is 3.80. The van der Waals surface area contributed by atoms with Gasteiger partial charge in [0.05, 0.1) is 16.9 Å². The van der Waals surface area contributed by atoms with Crippen LogP contribution in [0.3, 0.4) is 0 Å². The van der Waals surface area contributed by atoms with Gasteiger partial charge in [-0.05, 0) is 24.3 Å². The Hall–Kier alpha value is -4.19. The van der Waals surface area contributed by atoms with E-state index in [1.165, 1.54) is 14.1 Å². The van der Waals surface area contributed by atoms with E-state index in [0.717, 1.165) is 10.9 Å². The summed E-state index contributed by atoms with van der Waals surface area (Å²) in [6, 6.07) is 26.5. The van der Waals surface area contributed by atoms with Gasteiger partial charge < -0.3 is 0 Å². The number of carbonyl (C=O) groups is 1. The lowest BCUT2D eigenvalue weighted by Crippen LogP contribution is -2.44. The Bertz CT molecular complexity index is 1450. The summed E-state index contributed by atoms with van der Waals surface area (Å²) >= 11 is 0. The highest BCUT2D eigenvalue weighted by Crippen LogP contribution is 2.25. The van der Waals surface area contributed by atoms with Crippen LogP contribution in [0.2, 0.25) is 0 Å². The topological polar surface area (TPSA) is 59.6 Å². The van der Waals surface area contributed by atoms with E-state index in [1.807, 2.05) is 84.9 Å². The number of rotatable bonds is 4. The predicted molar refractivity (Wildman–Crippen MR) is 122 cm³/mol. The molecular formula is C25H20N4O2. The minimum atomic E-state index is -0.353. The van der Waals surface area contributed by atoms with Crippen molar-refractivity contribution in [2.24, 2.45) is 0 Å². The Morgan fingerprint density at radius 1 is 0.903 bits per heavy atom. The van der Waals surface area contributed by atoms with E-state index in [-0.39, 0.29) is 18.0 Å². The van der Waals surface area contributed by atoms with E-state index >= 15 is 0 Å². The SMILES string of the molecule is CCC(=O)N(c1ccccc1)n1c(=O)n2cc(-c3ccccc3)nc2c2ccccc21. The zero-order valence-corrected chi connectivity index (χ0v) is 17.0. The van der Waals surface area contributed by atoms with Crippen molar-refractivity contribution in [3.05, 3.63) is 102 Å². The first-order chi connectivity index (χ1) is 15.2. The van der Waals surface area contributed by atoms with Crippen molar-refractivity contribution in [3.8, 4) is 11.3 Å². The maximum absolute atomic E-state index is 13.7. The maximum Gasteiger partial charge on any atom is 0.353 e. The van der Waals surface area contributed by atoms with E-state index in [0.29, 0.717) is 22.5 Å². The molecule has 5 aromatic rings. The molecule has 0 fully saturated rings. The van der Waals surface area contributed by atoms with Gasteiger partial charge in [-0.3, -0.25) is 4.79 Å². The highest BCUT2D eigenvalue weighted by molar-refractivity contribution is 5.97. The van der Waals surface area contributed by atoms with E-state index in [4.69, 9.17) is 4.98 Å². The summed E-state index contributed by atoms with van der Waals surface area (Å²) in [6.07, 6.45) is 1.99. The van der Waals surface area contributed by atoms with Gasteiger partial charge in [0.15, 0.2) is 5.65 Å². The molecule has 5 rings (SSSR count). The number of fused-ring (bicyclic) bond motifs is 3. The number of hydrogen-bond acceptors (Lipinski definition) is 3. The van der Waals surface area contributed by atoms with Crippen LogP contribution in [-0.2, 0) is 4.79 Å². The van der Waals surface area contributed by atoms with Crippen LogP contribution in [0.25, 0.3) is 27.8 Å². The van der Waals surface area contributed by atoms with Crippen LogP contribution in [0, 0.1) is 0 Å². The summed E-state index contributed by atoms with van der Waals surface area (Å²) in [7, 11) is 0. The lowest BCUT2D eigenvalue weighted by Gasteiger charge is -2.25. The summed E-state index contributed by atoms with van der Waals surface area (Å²) in [6.45, 7) is 1.79. The molecule has 0 bridgehead atoms. The Morgan fingerprint density at radius 3 is 2.26 bits per heavy atom. The zero-order valence-electron chi connectivity index (χ0n) is 17.0. The van der Waals surface area contributed by atoms with Crippen LogP contribution in [0.4, 0.5) is 5.69 Å². The van der Waals surface area contributed by atoms with Crippen LogP contribution in [0.1, 0.15) is 13.3 Å². The summed E-state index contributed by atoms with van der Waals surface area (Å²) in [5, 5.41) is 2.24. The van der Waals surface area contributed by atoms with Crippen molar-refractivity contribution in [2.45, 2.75) is 13.3 Å². The van der Waals surface area contributed by atoms with Crippen molar-refractivity contribution < 1.29 is 4.79 Å². The van der Waals surface area contributed by atoms with E-state index in [1.54, 1.807) is 13.1 Å². The molecule has 0 spiro atoms. The number of hydrogen-bond donors (Lipinski definition) is 0. The number of anilines is 1. The monoisotopic (exact) mass is 408 g/mol. The Kier molecular flexibility index (Phi) is 4.59. The second-order valence-corrected chi connectivity index (χ2v) is 7.19. The molecule has 6 heteroatoms. The van der Waals surface area contributed by atoms with Crippen LogP contribution < -0.4 is 10.7 Å². The molecule has 0 saturated carbocycles. The molecule has 6 nitrogen and oxygen atoms in total. The van der Waals surface area contributed by atoms with E-state index < -0.39 is 0 Å². The Balaban J connectivity index is 1.87. The fourth-order valence-electron chi connectivity index (χ4n) is 3.80. The highest BCUT2D eigenvalue weighted by atomic mass is 16.2. The number of aromatic nitrogens is 3. The molecule has 0 aliphatic heterocycles. The van der Waals surface area contributed by atoms with E-state index in [2.05, 4.69) is 0 Å². The van der Waals surface area contributed by atoms with Gasteiger partial charge in [-0.15, -0.1) is 0 Å². The average Bonchev–Trinajstić information content (AvgIpc) is 3.29. The number of benzene rings is 3. The molecule has 2 aromatic heterocycles. The molecule has 0 N–H and O–H groups in total. The molecule has 2 heterocycles. The minimum absolute atomic E-state index is 0.179. The molecule has 0 saturated heterocycles. The normalized spacial score (nSPS) is 11.1. The van der Waals surface area contributed by atoms with Crippen molar-refractivity contribution in [1.82, 2.24) is 14.1 Å². The van der Waals surface area contributed by atoms with Crippen LogP contribution >= 0.6 is 0 Å². The largest absolute Gasteiger partial charge is 0.353 e. The summed E-state index contributed by atoms with van der Waals surface area (Å²) < 4.78 is 2.96. The fraction of sp³-hybridized carbons (Fsp3) is 0.0800. The first kappa shape index (κ1) is 18.8. The molecule has 0 atom stereocenters. The lowest BCUT2D eigenvalue weighted by molar-refractivity contribution is -0.118. The zero-order chi connectivity index (χ0) is 21.4. The number of amides is 1. The van der Waals surface area contributed by atoms with Crippen LogP contribution in [0.15, 0.2) is 95.9 Å². The standard InChI is InChI=1S/C25H20N4O2/c1-2-23(30)28(19-13-7-4-8-14-19)29-22-16-10-9-15-20(22)24-26-21(17-27(24)25(29)31)18-11-5-3-6-12-18/h3-17H,2H2,1H3. The third-order valence-electron chi connectivity index (χ3n) is 5.28. The van der Waals surface area contributed by atoms with Crippen LogP contribution in [0.5, 0.6) is 0 Å². The molecule has 0 aliphatic rings. The van der Waals surface area contributed by atoms with Gasteiger partial charge in [0.25, 0.3) is 0 Å². The quantitative estimate of drug-likeness (QED) is 0.439. The van der Waals surface area contributed by atoms with Crippen molar-refractivity contribution in [1.29, 1.82) is 0 Å². The highest BCUT2D eigenvalue weighted by Gasteiger charge is 2.23. The third-order valence-corrected chi connectivity index (χ3v) is 5.28. The second-order valence-electron chi connectivity index (χ2n) is 7.19. The minimum Gasteiger partial charge on any atom is -0.273 e. The molecule has 0 unspecified atom stereocenters. The van der Waals surface area contributed by atoms with Gasteiger partial charge in [-0.1, -0.05) is 67.6 Å². The summed E-state index contributed by atoms with van der Waals surface area (Å²) in [4.78, 5) is 31.5. The predicted octanol–water partition coefficient (Wildman–Crippen LogP) is 4.52. The Morgan fingerprint density at radius 2 is 1.55 bits per heavy atom. The van der Waals surface area contributed by atoms with Crippen LogP contribution in [-0.4, -0.2) is 20.0 Å². The first-order valence-corrected chi connectivity index (χ1v) is 10.2. The molecule has 0 aliphatic carbocycles. The van der Waals surface area contributed by atoms with Gasteiger partial charge in [0.1, 0.15) is 0 Å². The summed E-state index contributed by atoms with van der Waals surface area (Å²) in [5.74, 6) is -0.179. The van der Waals surface area contributed by atoms with Gasteiger partial charge in [-0.25, -0.2) is 19.2 Å². The average molecular weight is 408 g/mol. The molecule has 1 amide bonds. The Labute approximate surface area is 178 Å². The molecule has 0 radical (unpaired) electrons. The summed E-state index contributed by atoms with van der Waals surface area (Å²) in [5.41, 5.74) is 3.08. The van der Waals surface area contributed by atoms with E-state index in [9.17, 15) is 9.59 Å². The second kappa shape index (κ2) is 7.57. The molecule has 31 heavy (non-hydrogen) atoms. The number of imidazole rings is 1. The third kappa shape index (κ3) is 3.09. The molecule has 152 valence electrons. The van der Waals surface area contributed by atoms with Crippen molar-refractivity contribution >= 4 is 28.1 Å². The first-order valence-electron chi connectivity index (χ1n) is 10.2. The number of para-hydroxylation sites is 2. The van der Waals surface area contributed by atoms with Gasteiger partial charge in [-0.2, -0.15) is 4.68 Å². The lowest BCUT2D eigenvalue weighted by atomic mass is 10.2. The van der Waals surface area contributed by atoms with Gasteiger partial charge in [0.2, 0.25) is 5.91 Å². The number of carbonyl (C=O) groups excluding carboxylic acids is 1. The molecule has 3 aromatic carbocycles. The maximum atomic E-state index is 13.7. The molecular weight excluding hydrogens is 388 g/mol. The smallest absolute Gasteiger partial charge is 0.273 e. The van der Waals surface area contributed by atoms with Gasteiger partial charge in [0, 0.05) is 23.6 Å². The van der Waals surface area contributed by atoms with Crippen molar-refractivity contribution in [2.75, 3.05) is 5.01 Å². The van der Waals surface area contributed by atoms with Gasteiger partial charge >= 0.3 is 5.69 Å². The number of nitrogens with zero attached hydrogens (tertiary/aromatic N) is 4. The van der Waals surface area contributed by atoms with Crippen molar-refractivity contribution in [3.63, 3.8) is 0 Å².